The Morgan fingerprint density at radius 3 is 2.35 bits per heavy atom. The lowest BCUT2D eigenvalue weighted by atomic mass is 10.1. The third-order valence-electron chi connectivity index (χ3n) is 4.40. The monoisotopic (exact) mass is 477 g/mol. The minimum absolute atomic E-state index is 0.0678. The van der Waals surface area contributed by atoms with Gasteiger partial charge >= 0.3 is 0 Å². The summed E-state index contributed by atoms with van der Waals surface area (Å²) in [6.45, 7) is 0.0508. The van der Waals surface area contributed by atoms with Gasteiger partial charge in [0, 0.05) is 22.6 Å². The van der Waals surface area contributed by atoms with Crippen LogP contribution >= 0.6 is 27.5 Å². The summed E-state index contributed by atoms with van der Waals surface area (Å²) >= 11 is 9.45. The number of sulfonamides is 1. The molecule has 0 N–H and O–H groups in total. The number of nitrogens with zero attached hydrogens (tertiary/aromatic N) is 1. The molecule has 26 heavy (non-hydrogen) atoms. The fraction of sp³-hybridized carbons (Fsp3) is 0.294. The standard InChI is InChI=1S/C17H17BrClNO4S2/c18-13-5-7-14(8-6-13)26(23,24)20-10-9-17(25(21,22)12-11-20)15-3-1-2-4-16(15)19/h1-8,17H,9-12H2. The van der Waals surface area contributed by atoms with Gasteiger partial charge in [-0.3, -0.25) is 0 Å². The van der Waals surface area contributed by atoms with Gasteiger partial charge in [-0.1, -0.05) is 45.7 Å². The Bertz CT molecular complexity index is 1010. The Hall–Kier alpha value is -0.930. The second kappa shape index (κ2) is 7.59. The lowest BCUT2D eigenvalue weighted by Crippen LogP contribution is -2.33. The molecule has 1 heterocycles. The summed E-state index contributed by atoms with van der Waals surface area (Å²) in [4.78, 5) is 0.147. The van der Waals surface area contributed by atoms with Crippen molar-refractivity contribution in [3.8, 4) is 0 Å². The molecule has 0 aliphatic carbocycles. The Balaban J connectivity index is 1.91. The predicted molar refractivity (Wildman–Crippen MR) is 105 cm³/mol. The molecule has 0 spiro atoms. The van der Waals surface area contributed by atoms with E-state index >= 15 is 0 Å². The summed E-state index contributed by atoms with van der Waals surface area (Å²) in [5.74, 6) is -0.237. The SMILES string of the molecule is O=S1(=O)CCN(S(=O)(=O)c2ccc(Br)cc2)CCC1c1ccccc1Cl. The van der Waals surface area contributed by atoms with Gasteiger partial charge in [0.1, 0.15) is 0 Å². The van der Waals surface area contributed by atoms with Crippen molar-refractivity contribution >= 4 is 47.4 Å². The first kappa shape index (κ1) is 19.8. The average molecular weight is 479 g/mol. The molecule has 1 unspecified atom stereocenters. The fourth-order valence-corrected chi connectivity index (χ4v) is 6.99. The summed E-state index contributed by atoms with van der Waals surface area (Å²) in [6.07, 6.45) is 0.168. The van der Waals surface area contributed by atoms with E-state index < -0.39 is 25.1 Å². The van der Waals surface area contributed by atoms with Gasteiger partial charge in [0.05, 0.1) is 15.9 Å². The van der Waals surface area contributed by atoms with Crippen LogP contribution in [0.15, 0.2) is 57.9 Å². The maximum atomic E-state index is 12.9. The van der Waals surface area contributed by atoms with E-state index in [0.29, 0.717) is 10.6 Å². The molecule has 0 bridgehead atoms. The smallest absolute Gasteiger partial charge is 0.228 e. The van der Waals surface area contributed by atoms with Crippen LogP contribution in [-0.4, -0.2) is 40.0 Å². The van der Waals surface area contributed by atoms with E-state index in [1.54, 1.807) is 36.4 Å². The summed E-state index contributed by atoms with van der Waals surface area (Å²) < 4.78 is 53.2. The highest BCUT2D eigenvalue weighted by atomic mass is 79.9. The molecule has 1 atom stereocenters. The molecule has 1 saturated heterocycles. The molecule has 0 radical (unpaired) electrons. The van der Waals surface area contributed by atoms with Crippen molar-refractivity contribution in [3.05, 3.63) is 63.6 Å². The van der Waals surface area contributed by atoms with Crippen LogP contribution in [0.3, 0.4) is 0 Å². The van der Waals surface area contributed by atoms with Crippen molar-refractivity contribution in [2.45, 2.75) is 16.6 Å². The van der Waals surface area contributed by atoms with Gasteiger partial charge in [-0.15, -0.1) is 0 Å². The third-order valence-corrected chi connectivity index (χ3v) is 9.30. The Morgan fingerprint density at radius 2 is 1.69 bits per heavy atom. The molecule has 3 rings (SSSR count). The molecule has 140 valence electrons. The zero-order valence-corrected chi connectivity index (χ0v) is 17.7. The Labute approximate surface area is 167 Å². The zero-order valence-electron chi connectivity index (χ0n) is 13.7. The number of sulfone groups is 1. The van der Waals surface area contributed by atoms with Crippen LogP contribution in [0.1, 0.15) is 17.2 Å². The van der Waals surface area contributed by atoms with E-state index in [1.807, 2.05) is 0 Å². The van der Waals surface area contributed by atoms with Gasteiger partial charge in [0.15, 0.2) is 9.84 Å². The third kappa shape index (κ3) is 3.99. The topological polar surface area (TPSA) is 71.5 Å². The normalized spacial score (nSPS) is 21.2. The fourth-order valence-electron chi connectivity index (χ4n) is 3.01. The highest BCUT2D eigenvalue weighted by Gasteiger charge is 2.36. The molecule has 0 aromatic heterocycles. The van der Waals surface area contributed by atoms with E-state index in [0.717, 1.165) is 4.47 Å². The lowest BCUT2D eigenvalue weighted by molar-refractivity contribution is 0.428. The maximum absolute atomic E-state index is 12.9. The number of halogens is 2. The summed E-state index contributed by atoms with van der Waals surface area (Å²) in [5.41, 5.74) is 0.525. The number of hydrogen-bond acceptors (Lipinski definition) is 4. The maximum Gasteiger partial charge on any atom is 0.243 e. The van der Waals surface area contributed by atoms with Crippen LogP contribution in [0.5, 0.6) is 0 Å². The van der Waals surface area contributed by atoms with Crippen LogP contribution in [0, 0.1) is 0 Å². The highest BCUT2D eigenvalue weighted by Crippen LogP contribution is 2.35. The van der Waals surface area contributed by atoms with E-state index in [-0.39, 0.29) is 30.2 Å². The number of benzene rings is 2. The van der Waals surface area contributed by atoms with Crippen LogP contribution < -0.4 is 0 Å². The largest absolute Gasteiger partial charge is 0.243 e. The first-order valence-electron chi connectivity index (χ1n) is 7.93. The van der Waals surface area contributed by atoms with Gasteiger partial charge in [-0.05, 0) is 42.3 Å². The first-order valence-corrected chi connectivity index (χ1v) is 12.3. The predicted octanol–water partition coefficient (Wildman–Crippen LogP) is 3.65. The van der Waals surface area contributed by atoms with Gasteiger partial charge in [0.2, 0.25) is 10.0 Å². The van der Waals surface area contributed by atoms with Crippen molar-refractivity contribution in [3.63, 3.8) is 0 Å². The van der Waals surface area contributed by atoms with Gasteiger partial charge in [0.25, 0.3) is 0 Å². The Kier molecular flexibility index (Phi) is 5.79. The zero-order chi connectivity index (χ0) is 18.9. The molecule has 1 fully saturated rings. The summed E-state index contributed by atoms with van der Waals surface area (Å²) in [5, 5.41) is -0.424. The lowest BCUT2D eigenvalue weighted by Gasteiger charge is -2.20. The average Bonchev–Trinajstić information content (AvgIpc) is 2.74. The van der Waals surface area contributed by atoms with Crippen LogP contribution in [0.25, 0.3) is 0 Å². The highest BCUT2D eigenvalue weighted by molar-refractivity contribution is 9.10. The van der Waals surface area contributed by atoms with Crippen LogP contribution in [0.4, 0.5) is 0 Å². The molecule has 9 heteroatoms. The second-order valence-electron chi connectivity index (χ2n) is 6.02. The van der Waals surface area contributed by atoms with E-state index in [9.17, 15) is 16.8 Å². The van der Waals surface area contributed by atoms with Crippen molar-refractivity contribution in [2.75, 3.05) is 18.8 Å². The minimum Gasteiger partial charge on any atom is -0.228 e. The minimum atomic E-state index is -3.75. The summed E-state index contributed by atoms with van der Waals surface area (Å²) in [6, 6.07) is 13.1. The molecular formula is C17H17BrClNO4S2. The number of rotatable bonds is 3. The van der Waals surface area contributed by atoms with Gasteiger partial charge in [-0.25, -0.2) is 16.8 Å². The molecule has 1 aliphatic heterocycles. The molecular weight excluding hydrogens is 462 g/mol. The summed E-state index contributed by atoms with van der Waals surface area (Å²) in [7, 11) is -7.27. The van der Waals surface area contributed by atoms with Gasteiger partial charge in [-0.2, -0.15) is 4.31 Å². The molecule has 1 aliphatic rings. The number of hydrogen-bond donors (Lipinski definition) is 0. The first-order chi connectivity index (χ1) is 12.2. The van der Waals surface area contributed by atoms with Crippen molar-refractivity contribution < 1.29 is 16.8 Å². The molecule has 0 amide bonds. The van der Waals surface area contributed by atoms with Gasteiger partial charge < -0.3 is 0 Å². The molecule has 2 aromatic carbocycles. The van der Waals surface area contributed by atoms with E-state index in [4.69, 9.17) is 11.6 Å². The quantitative estimate of drug-likeness (QED) is 0.675. The van der Waals surface area contributed by atoms with Crippen molar-refractivity contribution in [2.24, 2.45) is 0 Å². The van der Waals surface area contributed by atoms with Crippen molar-refractivity contribution in [1.29, 1.82) is 0 Å². The Morgan fingerprint density at radius 1 is 1.04 bits per heavy atom. The van der Waals surface area contributed by atoms with E-state index in [2.05, 4.69) is 15.9 Å². The van der Waals surface area contributed by atoms with Crippen LogP contribution in [0.2, 0.25) is 5.02 Å². The van der Waals surface area contributed by atoms with Crippen molar-refractivity contribution in [1.82, 2.24) is 4.31 Å². The molecule has 2 aromatic rings. The van der Waals surface area contributed by atoms with Crippen LogP contribution in [-0.2, 0) is 19.9 Å². The molecule has 0 saturated carbocycles. The molecule has 5 nitrogen and oxygen atoms in total. The second-order valence-corrected chi connectivity index (χ2v) is 11.6. The van der Waals surface area contributed by atoms with E-state index in [1.165, 1.54) is 16.4 Å².